The Morgan fingerprint density at radius 1 is 1.24 bits per heavy atom. The van der Waals surface area contributed by atoms with Crippen LogP contribution in [0.15, 0.2) is 18.2 Å². The van der Waals surface area contributed by atoms with E-state index in [1.165, 1.54) is 16.7 Å². The SMILES string of the molecule is CCN1CCC(c2cc(C)cc(C)c2)CC1=O. The highest BCUT2D eigenvalue weighted by atomic mass is 16.2. The van der Waals surface area contributed by atoms with E-state index in [1.807, 2.05) is 4.90 Å². The van der Waals surface area contributed by atoms with Crippen molar-refractivity contribution in [1.29, 1.82) is 0 Å². The summed E-state index contributed by atoms with van der Waals surface area (Å²) < 4.78 is 0. The summed E-state index contributed by atoms with van der Waals surface area (Å²) in [4.78, 5) is 13.9. The van der Waals surface area contributed by atoms with E-state index in [2.05, 4.69) is 39.0 Å². The third-order valence-corrected chi connectivity index (χ3v) is 3.62. The van der Waals surface area contributed by atoms with Crippen LogP contribution in [0, 0.1) is 13.8 Å². The van der Waals surface area contributed by atoms with Gasteiger partial charge in [0.05, 0.1) is 0 Å². The van der Waals surface area contributed by atoms with Crippen LogP contribution >= 0.6 is 0 Å². The number of nitrogens with zero attached hydrogens (tertiary/aromatic N) is 1. The van der Waals surface area contributed by atoms with Gasteiger partial charge in [-0.3, -0.25) is 4.79 Å². The van der Waals surface area contributed by atoms with Gasteiger partial charge in [0.25, 0.3) is 0 Å². The third-order valence-electron chi connectivity index (χ3n) is 3.62. The molecule has 1 aliphatic heterocycles. The Balaban J connectivity index is 2.16. The second-order valence-corrected chi connectivity index (χ2v) is 5.08. The first kappa shape index (κ1) is 12.2. The predicted octanol–water partition coefficient (Wildman–Crippen LogP) is 3.03. The Labute approximate surface area is 104 Å². The van der Waals surface area contributed by atoms with E-state index < -0.39 is 0 Å². The average molecular weight is 231 g/mol. The molecule has 0 saturated carbocycles. The molecule has 1 aliphatic rings. The molecule has 17 heavy (non-hydrogen) atoms. The van der Waals surface area contributed by atoms with Crippen LogP contribution in [0.4, 0.5) is 0 Å². The topological polar surface area (TPSA) is 20.3 Å². The fraction of sp³-hybridized carbons (Fsp3) is 0.533. The fourth-order valence-corrected chi connectivity index (χ4v) is 2.74. The van der Waals surface area contributed by atoms with Crippen molar-refractivity contribution >= 4 is 5.91 Å². The Morgan fingerprint density at radius 3 is 2.41 bits per heavy atom. The molecule has 0 spiro atoms. The summed E-state index contributed by atoms with van der Waals surface area (Å²) >= 11 is 0. The Bertz CT molecular complexity index is 405. The molecule has 0 bridgehead atoms. The van der Waals surface area contributed by atoms with Crippen LogP contribution in [0.3, 0.4) is 0 Å². The maximum absolute atomic E-state index is 11.9. The zero-order valence-electron chi connectivity index (χ0n) is 11.0. The average Bonchev–Trinajstić information content (AvgIpc) is 2.27. The second-order valence-electron chi connectivity index (χ2n) is 5.08. The van der Waals surface area contributed by atoms with Crippen molar-refractivity contribution < 1.29 is 4.79 Å². The standard InChI is InChI=1S/C15H21NO/c1-4-16-6-5-13(10-15(16)17)14-8-11(2)7-12(3)9-14/h7-9,13H,4-6,10H2,1-3H3. The van der Waals surface area contributed by atoms with Gasteiger partial charge in [0.15, 0.2) is 0 Å². The van der Waals surface area contributed by atoms with Crippen LogP contribution in [-0.2, 0) is 4.79 Å². The number of rotatable bonds is 2. The van der Waals surface area contributed by atoms with Crippen molar-refractivity contribution in [1.82, 2.24) is 4.90 Å². The van der Waals surface area contributed by atoms with Gasteiger partial charge in [-0.25, -0.2) is 0 Å². The maximum Gasteiger partial charge on any atom is 0.223 e. The lowest BCUT2D eigenvalue weighted by Crippen LogP contribution is -2.37. The summed E-state index contributed by atoms with van der Waals surface area (Å²) in [5, 5.41) is 0. The van der Waals surface area contributed by atoms with Crippen molar-refractivity contribution in [2.24, 2.45) is 0 Å². The molecular formula is C15H21NO. The van der Waals surface area contributed by atoms with Crippen molar-refractivity contribution in [3.05, 3.63) is 34.9 Å². The van der Waals surface area contributed by atoms with Crippen LogP contribution in [0.1, 0.15) is 42.4 Å². The molecule has 0 N–H and O–H groups in total. The zero-order chi connectivity index (χ0) is 12.4. The molecule has 1 aromatic carbocycles. The van der Waals surface area contributed by atoms with E-state index in [0.717, 1.165) is 19.5 Å². The highest BCUT2D eigenvalue weighted by molar-refractivity contribution is 5.78. The van der Waals surface area contributed by atoms with E-state index in [4.69, 9.17) is 0 Å². The molecule has 1 saturated heterocycles. The number of carbonyl (C=O) groups is 1. The number of piperidine rings is 1. The molecule has 0 aromatic heterocycles. The number of benzene rings is 1. The van der Waals surface area contributed by atoms with Crippen LogP contribution in [0.5, 0.6) is 0 Å². The molecule has 2 rings (SSSR count). The molecule has 2 heteroatoms. The molecular weight excluding hydrogens is 210 g/mol. The molecule has 1 aromatic rings. The summed E-state index contributed by atoms with van der Waals surface area (Å²) in [5.74, 6) is 0.729. The largest absolute Gasteiger partial charge is 0.343 e. The zero-order valence-corrected chi connectivity index (χ0v) is 11.0. The van der Waals surface area contributed by atoms with Gasteiger partial charge in [-0.15, -0.1) is 0 Å². The van der Waals surface area contributed by atoms with E-state index in [1.54, 1.807) is 0 Å². The summed E-state index contributed by atoms with van der Waals surface area (Å²) in [5.41, 5.74) is 3.93. The number of likely N-dealkylation sites (tertiary alicyclic amines) is 1. The molecule has 92 valence electrons. The van der Waals surface area contributed by atoms with E-state index in [0.29, 0.717) is 18.2 Å². The molecule has 1 unspecified atom stereocenters. The smallest absolute Gasteiger partial charge is 0.223 e. The number of aryl methyl sites for hydroxylation is 2. The Morgan fingerprint density at radius 2 is 1.88 bits per heavy atom. The molecule has 0 radical (unpaired) electrons. The van der Waals surface area contributed by atoms with Gasteiger partial charge in [-0.1, -0.05) is 29.3 Å². The van der Waals surface area contributed by atoms with Gasteiger partial charge in [0, 0.05) is 19.5 Å². The summed E-state index contributed by atoms with van der Waals surface area (Å²) in [6.07, 6.45) is 1.78. The molecule has 1 atom stereocenters. The summed E-state index contributed by atoms with van der Waals surface area (Å²) in [6, 6.07) is 6.64. The minimum atomic E-state index is 0.308. The minimum absolute atomic E-state index is 0.308. The van der Waals surface area contributed by atoms with Crippen LogP contribution in [-0.4, -0.2) is 23.9 Å². The van der Waals surface area contributed by atoms with Gasteiger partial charge in [0.1, 0.15) is 0 Å². The molecule has 1 heterocycles. The quantitative estimate of drug-likeness (QED) is 0.766. The normalized spacial score (nSPS) is 20.8. The van der Waals surface area contributed by atoms with E-state index >= 15 is 0 Å². The van der Waals surface area contributed by atoms with Crippen molar-refractivity contribution in [3.63, 3.8) is 0 Å². The van der Waals surface area contributed by atoms with Gasteiger partial charge in [-0.05, 0) is 38.7 Å². The van der Waals surface area contributed by atoms with E-state index in [9.17, 15) is 4.79 Å². The first-order valence-corrected chi connectivity index (χ1v) is 6.46. The number of carbonyl (C=O) groups excluding carboxylic acids is 1. The van der Waals surface area contributed by atoms with Crippen molar-refractivity contribution in [3.8, 4) is 0 Å². The minimum Gasteiger partial charge on any atom is -0.343 e. The molecule has 2 nitrogen and oxygen atoms in total. The van der Waals surface area contributed by atoms with Crippen LogP contribution < -0.4 is 0 Å². The van der Waals surface area contributed by atoms with Crippen LogP contribution in [0.25, 0.3) is 0 Å². The maximum atomic E-state index is 11.9. The van der Waals surface area contributed by atoms with Gasteiger partial charge in [-0.2, -0.15) is 0 Å². The first-order valence-electron chi connectivity index (χ1n) is 6.46. The van der Waals surface area contributed by atoms with E-state index in [-0.39, 0.29) is 0 Å². The predicted molar refractivity (Wildman–Crippen MR) is 70.1 cm³/mol. The lowest BCUT2D eigenvalue weighted by atomic mass is 9.87. The lowest BCUT2D eigenvalue weighted by Gasteiger charge is -2.31. The van der Waals surface area contributed by atoms with Gasteiger partial charge in [0.2, 0.25) is 5.91 Å². The van der Waals surface area contributed by atoms with Gasteiger partial charge >= 0.3 is 0 Å². The third kappa shape index (κ3) is 2.68. The Kier molecular flexibility index (Phi) is 3.51. The fourth-order valence-electron chi connectivity index (χ4n) is 2.74. The van der Waals surface area contributed by atoms with Crippen molar-refractivity contribution in [2.45, 2.75) is 39.5 Å². The summed E-state index contributed by atoms with van der Waals surface area (Å²) in [6.45, 7) is 8.05. The Hall–Kier alpha value is -1.31. The van der Waals surface area contributed by atoms with Gasteiger partial charge < -0.3 is 4.90 Å². The number of amides is 1. The first-order chi connectivity index (χ1) is 8.10. The van der Waals surface area contributed by atoms with Crippen LogP contribution in [0.2, 0.25) is 0 Å². The lowest BCUT2D eigenvalue weighted by molar-refractivity contribution is -0.133. The molecule has 1 fully saturated rings. The second kappa shape index (κ2) is 4.91. The summed E-state index contributed by atoms with van der Waals surface area (Å²) in [7, 11) is 0. The van der Waals surface area contributed by atoms with Crippen molar-refractivity contribution in [2.75, 3.05) is 13.1 Å². The number of hydrogen-bond donors (Lipinski definition) is 0. The highest BCUT2D eigenvalue weighted by Gasteiger charge is 2.25. The number of hydrogen-bond acceptors (Lipinski definition) is 1. The monoisotopic (exact) mass is 231 g/mol. The highest BCUT2D eigenvalue weighted by Crippen LogP contribution is 2.29. The molecule has 1 amide bonds. The molecule has 0 aliphatic carbocycles.